The van der Waals surface area contributed by atoms with E-state index in [0.29, 0.717) is 23.7 Å². The summed E-state index contributed by atoms with van der Waals surface area (Å²) in [6.07, 6.45) is 2.30. The quantitative estimate of drug-likeness (QED) is 0.388. The zero-order valence-electron chi connectivity index (χ0n) is 17.7. The van der Waals surface area contributed by atoms with Crippen molar-refractivity contribution in [2.45, 2.75) is 44.3 Å². The van der Waals surface area contributed by atoms with Gasteiger partial charge in [-0.1, -0.05) is 55.9 Å². The van der Waals surface area contributed by atoms with E-state index in [9.17, 15) is 9.59 Å². The van der Waals surface area contributed by atoms with Crippen molar-refractivity contribution < 1.29 is 9.59 Å². The normalized spacial score (nSPS) is 13.4. The number of carbonyl (C=O) groups excluding carboxylic acids is 2. The van der Waals surface area contributed by atoms with Crippen LogP contribution in [0.3, 0.4) is 0 Å². The second-order valence-corrected chi connectivity index (χ2v) is 9.06. The fraction of sp³-hybridized carbons (Fsp3) is 0.333. The van der Waals surface area contributed by atoms with E-state index in [1.807, 2.05) is 32.0 Å². The molecule has 0 radical (unpaired) electrons. The molecule has 2 aromatic carbocycles. The van der Waals surface area contributed by atoms with Gasteiger partial charge < -0.3 is 9.88 Å². The van der Waals surface area contributed by atoms with E-state index in [-0.39, 0.29) is 23.4 Å². The van der Waals surface area contributed by atoms with E-state index in [0.717, 1.165) is 23.8 Å². The average Bonchev–Trinajstić information content (AvgIpc) is 3.55. The molecule has 0 atom stereocenters. The van der Waals surface area contributed by atoms with Gasteiger partial charge >= 0.3 is 0 Å². The molecule has 1 amide bonds. The van der Waals surface area contributed by atoms with Gasteiger partial charge in [-0.2, -0.15) is 0 Å². The molecule has 31 heavy (non-hydrogen) atoms. The molecule has 1 fully saturated rings. The smallest absolute Gasteiger partial charge is 0.226 e. The second-order valence-electron chi connectivity index (χ2n) is 8.12. The number of rotatable bonds is 9. The molecule has 1 aromatic heterocycles. The lowest BCUT2D eigenvalue weighted by molar-refractivity contribution is -0.118. The number of Topliss-reactive ketones (excluding diaryl/α,β-unsaturated/α-hetero) is 1. The van der Waals surface area contributed by atoms with Crippen molar-refractivity contribution in [1.82, 2.24) is 14.8 Å². The summed E-state index contributed by atoms with van der Waals surface area (Å²) in [6.45, 7) is 4.39. The van der Waals surface area contributed by atoms with Gasteiger partial charge in [0.05, 0.1) is 12.3 Å². The molecule has 1 aliphatic carbocycles. The molecular formula is C24H26N4O2S. The Hall–Kier alpha value is -2.93. The molecule has 0 bridgehead atoms. The molecule has 3 aromatic rings. The van der Waals surface area contributed by atoms with Crippen LogP contribution in [0.1, 0.15) is 54.4 Å². The predicted octanol–water partition coefficient (Wildman–Crippen LogP) is 4.77. The molecule has 4 rings (SSSR count). The van der Waals surface area contributed by atoms with Gasteiger partial charge in [0.1, 0.15) is 5.82 Å². The molecule has 1 saturated carbocycles. The van der Waals surface area contributed by atoms with Crippen molar-refractivity contribution in [2.75, 3.05) is 11.1 Å². The standard InChI is InChI=1S/C24H26N4O2S/c1-16(2)23(30)25-20-12-10-18(11-13-20)21(29)15-31-24-27-26-22(19-8-9-19)28(24)14-17-6-4-3-5-7-17/h3-7,10-13,16,19H,8-9,14-15H2,1-2H3,(H,25,30). The van der Waals surface area contributed by atoms with Gasteiger partial charge in [-0.05, 0) is 42.7 Å². The Balaban J connectivity index is 1.42. The highest BCUT2D eigenvalue weighted by molar-refractivity contribution is 7.99. The van der Waals surface area contributed by atoms with E-state index in [4.69, 9.17) is 0 Å². The lowest BCUT2D eigenvalue weighted by Gasteiger charge is -2.10. The molecule has 0 aliphatic heterocycles. The number of nitrogens with one attached hydrogen (secondary N) is 1. The van der Waals surface area contributed by atoms with Crippen LogP contribution in [0.5, 0.6) is 0 Å². The molecule has 0 spiro atoms. The molecule has 0 unspecified atom stereocenters. The number of anilines is 1. The average molecular weight is 435 g/mol. The highest BCUT2D eigenvalue weighted by atomic mass is 32.2. The number of benzene rings is 2. The Morgan fingerprint density at radius 2 is 1.77 bits per heavy atom. The summed E-state index contributed by atoms with van der Waals surface area (Å²) in [6, 6.07) is 17.3. The Morgan fingerprint density at radius 3 is 2.42 bits per heavy atom. The van der Waals surface area contributed by atoms with Crippen LogP contribution in [0.25, 0.3) is 0 Å². The van der Waals surface area contributed by atoms with E-state index in [1.165, 1.54) is 17.3 Å². The van der Waals surface area contributed by atoms with Gasteiger partial charge in [0, 0.05) is 23.1 Å². The van der Waals surface area contributed by atoms with Gasteiger partial charge in [-0.25, -0.2) is 0 Å². The lowest BCUT2D eigenvalue weighted by Crippen LogP contribution is -2.17. The van der Waals surface area contributed by atoms with E-state index in [1.54, 1.807) is 24.3 Å². The number of hydrogen-bond acceptors (Lipinski definition) is 5. The first-order valence-electron chi connectivity index (χ1n) is 10.5. The summed E-state index contributed by atoms with van der Waals surface area (Å²) >= 11 is 1.42. The number of carbonyl (C=O) groups is 2. The van der Waals surface area contributed by atoms with Crippen molar-refractivity contribution >= 4 is 29.1 Å². The van der Waals surface area contributed by atoms with Crippen LogP contribution >= 0.6 is 11.8 Å². The first kappa shape index (κ1) is 21.3. The number of thioether (sulfide) groups is 1. The number of amides is 1. The molecule has 1 aliphatic rings. The number of hydrogen-bond donors (Lipinski definition) is 1. The van der Waals surface area contributed by atoms with Gasteiger partial charge in [0.25, 0.3) is 0 Å². The van der Waals surface area contributed by atoms with E-state index >= 15 is 0 Å². The van der Waals surface area contributed by atoms with Crippen LogP contribution in [-0.2, 0) is 11.3 Å². The van der Waals surface area contributed by atoms with Gasteiger partial charge in [-0.15, -0.1) is 10.2 Å². The van der Waals surface area contributed by atoms with E-state index < -0.39 is 0 Å². The molecular weight excluding hydrogens is 408 g/mol. The van der Waals surface area contributed by atoms with Crippen LogP contribution in [0.15, 0.2) is 59.8 Å². The highest BCUT2D eigenvalue weighted by Gasteiger charge is 2.30. The number of ketones is 1. The SMILES string of the molecule is CC(C)C(=O)Nc1ccc(C(=O)CSc2nnc(C3CC3)n2Cc2ccccc2)cc1. The van der Waals surface area contributed by atoms with Crippen molar-refractivity contribution in [1.29, 1.82) is 0 Å². The summed E-state index contributed by atoms with van der Waals surface area (Å²) in [5.41, 5.74) is 2.50. The van der Waals surface area contributed by atoms with Crippen molar-refractivity contribution in [2.24, 2.45) is 5.92 Å². The fourth-order valence-electron chi connectivity index (χ4n) is 3.20. The van der Waals surface area contributed by atoms with Gasteiger partial charge in [0.15, 0.2) is 10.9 Å². The molecule has 1 N–H and O–H groups in total. The topological polar surface area (TPSA) is 76.9 Å². The maximum Gasteiger partial charge on any atom is 0.226 e. The van der Waals surface area contributed by atoms with Crippen molar-refractivity contribution in [3.63, 3.8) is 0 Å². The van der Waals surface area contributed by atoms with Crippen LogP contribution in [0.4, 0.5) is 5.69 Å². The summed E-state index contributed by atoms with van der Waals surface area (Å²) in [5.74, 6) is 1.67. The zero-order chi connectivity index (χ0) is 21.8. The summed E-state index contributed by atoms with van der Waals surface area (Å²) in [7, 11) is 0. The lowest BCUT2D eigenvalue weighted by atomic mass is 10.1. The van der Waals surface area contributed by atoms with Crippen LogP contribution < -0.4 is 5.32 Å². The summed E-state index contributed by atoms with van der Waals surface area (Å²) in [4.78, 5) is 24.5. The van der Waals surface area contributed by atoms with Gasteiger partial charge in [-0.3, -0.25) is 9.59 Å². The van der Waals surface area contributed by atoms with Crippen molar-refractivity contribution in [3.05, 3.63) is 71.5 Å². The zero-order valence-corrected chi connectivity index (χ0v) is 18.6. The minimum Gasteiger partial charge on any atom is -0.326 e. The maximum atomic E-state index is 12.7. The Kier molecular flexibility index (Phi) is 6.51. The summed E-state index contributed by atoms with van der Waals surface area (Å²) in [5, 5.41) is 12.4. The first-order chi connectivity index (χ1) is 15.0. The fourth-order valence-corrected chi connectivity index (χ4v) is 4.04. The first-order valence-corrected chi connectivity index (χ1v) is 11.5. The monoisotopic (exact) mass is 434 g/mol. The minimum atomic E-state index is -0.0912. The number of nitrogens with zero attached hydrogens (tertiary/aromatic N) is 3. The third-order valence-electron chi connectivity index (χ3n) is 5.20. The Bertz CT molecular complexity index is 1060. The third kappa shape index (κ3) is 5.41. The van der Waals surface area contributed by atoms with Gasteiger partial charge in [0.2, 0.25) is 5.91 Å². The molecule has 0 saturated heterocycles. The largest absolute Gasteiger partial charge is 0.326 e. The second kappa shape index (κ2) is 9.47. The predicted molar refractivity (Wildman–Crippen MR) is 123 cm³/mol. The molecule has 160 valence electrons. The van der Waals surface area contributed by atoms with Crippen molar-refractivity contribution in [3.8, 4) is 0 Å². The molecule has 1 heterocycles. The third-order valence-corrected chi connectivity index (χ3v) is 6.17. The Morgan fingerprint density at radius 1 is 1.06 bits per heavy atom. The Labute approximate surface area is 186 Å². The minimum absolute atomic E-state index is 0.0222. The molecule has 6 nitrogen and oxygen atoms in total. The summed E-state index contributed by atoms with van der Waals surface area (Å²) < 4.78 is 2.15. The van der Waals surface area contributed by atoms with Crippen LogP contribution in [0, 0.1) is 5.92 Å². The highest BCUT2D eigenvalue weighted by Crippen LogP contribution is 2.40. The van der Waals surface area contributed by atoms with E-state index in [2.05, 4.69) is 32.2 Å². The number of aromatic nitrogens is 3. The molecule has 7 heteroatoms. The van der Waals surface area contributed by atoms with Crippen LogP contribution in [-0.4, -0.2) is 32.2 Å². The van der Waals surface area contributed by atoms with Crippen LogP contribution in [0.2, 0.25) is 0 Å². The maximum absolute atomic E-state index is 12.7.